The first kappa shape index (κ1) is 20.3. The number of fused-ring (bicyclic) bond motifs is 1. The van der Waals surface area contributed by atoms with Crippen molar-refractivity contribution in [3.63, 3.8) is 0 Å². The van der Waals surface area contributed by atoms with Gasteiger partial charge in [-0.2, -0.15) is 0 Å². The van der Waals surface area contributed by atoms with Crippen molar-refractivity contribution in [3.8, 4) is 17.2 Å². The number of ether oxygens (including phenoxy) is 3. The summed E-state index contributed by atoms with van der Waals surface area (Å²) >= 11 is 0. The Morgan fingerprint density at radius 3 is 2.31 bits per heavy atom. The monoisotopic (exact) mass is 396 g/mol. The quantitative estimate of drug-likeness (QED) is 0.690. The number of hydrogen-bond donors (Lipinski definition) is 1. The topological polar surface area (TPSA) is 78.8 Å². The molecule has 1 N–H and O–H groups in total. The lowest BCUT2D eigenvalue weighted by Crippen LogP contribution is -2.32. The van der Waals surface area contributed by atoms with E-state index >= 15 is 0 Å². The third-order valence-corrected chi connectivity index (χ3v) is 4.88. The number of methoxy groups -OCH3 is 3. The molecule has 1 heterocycles. The highest BCUT2D eigenvalue weighted by Gasteiger charge is 2.22. The molecule has 152 valence electrons. The van der Waals surface area contributed by atoms with E-state index < -0.39 is 6.04 Å². The molecule has 7 nitrogen and oxygen atoms in total. The van der Waals surface area contributed by atoms with Gasteiger partial charge in [0.2, 0.25) is 5.91 Å². The van der Waals surface area contributed by atoms with Gasteiger partial charge in [-0.25, -0.2) is 0 Å². The van der Waals surface area contributed by atoms with E-state index in [-0.39, 0.29) is 11.5 Å². The summed E-state index contributed by atoms with van der Waals surface area (Å²) in [6, 6.07) is 11.4. The molecule has 1 atom stereocenters. The van der Waals surface area contributed by atoms with Crippen LogP contribution in [0.5, 0.6) is 17.2 Å². The van der Waals surface area contributed by atoms with E-state index in [4.69, 9.17) is 14.2 Å². The number of amides is 1. The van der Waals surface area contributed by atoms with Gasteiger partial charge in [-0.05, 0) is 37.6 Å². The van der Waals surface area contributed by atoms with Gasteiger partial charge in [0.05, 0.1) is 26.8 Å². The average molecular weight is 396 g/mol. The molecule has 3 aromatic rings. The maximum atomic E-state index is 13.0. The fourth-order valence-electron chi connectivity index (χ4n) is 3.36. The van der Waals surface area contributed by atoms with Gasteiger partial charge in [0, 0.05) is 23.2 Å². The number of nitrogens with one attached hydrogen (secondary N) is 1. The Labute approximate surface area is 168 Å². The SMILES string of the molecule is COc1ccc(NC(=O)C(C)n2c(=O)cc(C)c3cccc(OC)c32)cc1OC. The Hall–Kier alpha value is -3.48. The van der Waals surface area contributed by atoms with Gasteiger partial charge in [-0.3, -0.25) is 14.2 Å². The molecule has 0 radical (unpaired) electrons. The maximum absolute atomic E-state index is 13.0. The molecule has 0 spiro atoms. The minimum absolute atomic E-state index is 0.269. The number of carbonyl (C=O) groups is 1. The van der Waals surface area contributed by atoms with Crippen molar-refractivity contribution in [3.05, 3.63) is 58.4 Å². The molecule has 0 fully saturated rings. The minimum Gasteiger partial charge on any atom is -0.495 e. The molecule has 1 aromatic heterocycles. The molecule has 0 aliphatic heterocycles. The van der Waals surface area contributed by atoms with E-state index in [1.54, 1.807) is 45.4 Å². The molecule has 3 rings (SSSR count). The van der Waals surface area contributed by atoms with Crippen LogP contribution in [-0.2, 0) is 4.79 Å². The van der Waals surface area contributed by atoms with E-state index in [9.17, 15) is 9.59 Å². The molecule has 1 unspecified atom stereocenters. The number of nitrogens with zero attached hydrogens (tertiary/aromatic N) is 1. The molecule has 7 heteroatoms. The van der Waals surface area contributed by atoms with E-state index in [0.29, 0.717) is 28.5 Å². The second-order valence-corrected chi connectivity index (χ2v) is 6.63. The Kier molecular flexibility index (Phi) is 5.77. The van der Waals surface area contributed by atoms with Gasteiger partial charge in [0.15, 0.2) is 11.5 Å². The van der Waals surface area contributed by atoms with Gasteiger partial charge in [-0.1, -0.05) is 12.1 Å². The van der Waals surface area contributed by atoms with Crippen LogP contribution in [0.4, 0.5) is 5.69 Å². The van der Waals surface area contributed by atoms with Crippen molar-refractivity contribution in [2.45, 2.75) is 19.9 Å². The minimum atomic E-state index is -0.769. The zero-order valence-electron chi connectivity index (χ0n) is 17.1. The van der Waals surface area contributed by atoms with Crippen LogP contribution < -0.4 is 25.1 Å². The molecule has 0 saturated heterocycles. The van der Waals surface area contributed by atoms with Gasteiger partial charge in [-0.15, -0.1) is 0 Å². The number of hydrogen-bond acceptors (Lipinski definition) is 5. The Balaban J connectivity index is 2.02. The van der Waals surface area contributed by atoms with Gasteiger partial charge < -0.3 is 19.5 Å². The van der Waals surface area contributed by atoms with E-state index in [0.717, 1.165) is 10.9 Å². The maximum Gasteiger partial charge on any atom is 0.252 e. The van der Waals surface area contributed by atoms with Crippen LogP contribution in [0.3, 0.4) is 0 Å². The lowest BCUT2D eigenvalue weighted by molar-refractivity contribution is -0.118. The number of aryl methyl sites for hydroxylation is 1. The average Bonchev–Trinajstić information content (AvgIpc) is 2.73. The van der Waals surface area contributed by atoms with Crippen LogP contribution >= 0.6 is 0 Å². The summed E-state index contributed by atoms with van der Waals surface area (Å²) in [5.41, 5.74) is 1.69. The Morgan fingerprint density at radius 1 is 0.966 bits per heavy atom. The molecule has 0 aliphatic rings. The normalized spacial score (nSPS) is 11.8. The molecule has 2 aromatic carbocycles. The van der Waals surface area contributed by atoms with Crippen LogP contribution in [0.25, 0.3) is 10.9 Å². The van der Waals surface area contributed by atoms with Gasteiger partial charge >= 0.3 is 0 Å². The molecule has 0 saturated carbocycles. The number of carbonyl (C=O) groups excluding carboxylic acids is 1. The first-order chi connectivity index (χ1) is 13.9. The third kappa shape index (κ3) is 3.76. The van der Waals surface area contributed by atoms with E-state index in [2.05, 4.69) is 5.32 Å². The van der Waals surface area contributed by atoms with Crippen molar-refractivity contribution in [2.24, 2.45) is 0 Å². The largest absolute Gasteiger partial charge is 0.495 e. The standard InChI is InChI=1S/C22H24N2O5/c1-13-11-20(25)24(21-16(13)7-6-8-18(21)28-4)14(2)22(26)23-15-9-10-17(27-3)19(12-15)29-5/h6-12,14H,1-5H3,(H,23,26). The Morgan fingerprint density at radius 2 is 1.66 bits per heavy atom. The summed E-state index contributed by atoms with van der Waals surface area (Å²) in [5, 5.41) is 3.69. The number of rotatable bonds is 6. The molecule has 0 bridgehead atoms. The number of aromatic nitrogens is 1. The predicted octanol–water partition coefficient (Wildman–Crippen LogP) is 3.54. The highest BCUT2D eigenvalue weighted by molar-refractivity contribution is 5.96. The van der Waals surface area contributed by atoms with Crippen LogP contribution in [0.2, 0.25) is 0 Å². The second-order valence-electron chi connectivity index (χ2n) is 6.63. The molecular weight excluding hydrogens is 372 g/mol. The highest BCUT2D eigenvalue weighted by atomic mass is 16.5. The van der Waals surface area contributed by atoms with Crippen LogP contribution in [0.15, 0.2) is 47.3 Å². The molecular formula is C22H24N2O5. The second kappa shape index (κ2) is 8.26. The third-order valence-electron chi connectivity index (χ3n) is 4.88. The van der Waals surface area contributed by atoms with Crippen molar-refractivity contribution in [1.82, 2.24) is 4.57 Å². The van der Waals surface area contributed by atoms with Crippen LogP contribution in [0.1, 0.15) is 18.5 Å². The molecule has 29 heavy (non-hydrogen) atoms. The fourth-order valence-corrected chi connectivity index (χ4v) is 3.36. The summed E-state index contributed by atoms with van der Waals surface area (Å²) < 4.78 is 17.4. The first-order valence-electron chi connectivity index (χ1n) is 9.13. The number of pyridine rings is 1. The number of para-hydroxylation sites is 1. The Bertz CT molecular complexity index is 1120. The van der Waals surface area contributed by atoms with Crippen LogP contribution in [-0.4, -0.2) is 31.8 Å². The van der Waals surface area contributed by atoms with Gasteiger partial charge in [0.25, 0.3) is 5.56 Å². The zero-order valence-corrected chi connectivity index (χ0v) is 17.1. The van der Waals surface area contributed by atoms with Gasteiger partial charge in [0.1, 0.15) is 11.8 Å². The highest BCUT2D eigenvalue weighted by Crippen LogP contribution is 2.31. The lowest BCUT2D eigenvalue weighted by atomic mass is 10.1. The first-order valence-corrected chi connectivity index (χ1v) is 9.13. The summed E-state index contributed by atoms with van der Waals surface area (Å²) in [6.45, 7) is 3.54. The summed E-state index contributed by atoms with van der Waals surface area (Å²) in [6.07, 6.45) is 0. The number of anilines is 1. The summed E-state index contributed by atoms with van der Waals surface area (Å²) in [5.74, 6) is 1.26. The summed E-state index contributed by atoms with van der Waals surface area (Å²) in [4.78, 5) is 25.8. The van der Waals surface area contributed by atoms with Crippen molar-refractivity contribution >= 4 is 22.5 Å². The number of benzene rings is 2. The summed E-state index contributed by atoms with van der Waals surface area (Å²) in [7, 11) is 4.61. The fraction of sp³-hybridized carbons (Fsp3) is 0.273. The molecule has 1 amide bonds. The van der Waals surface area contributed by atoms with Crippen molar-refractivity contribution < 1.29 is 19.0 Å². The van der Waals surface area contributed by atoms with Crippen LogP contribution in [0, 0.1) is 6.92 Å². The van der Waals surface area contributed by atoms with Crippen molar-refractivity contribution in [2.75, 3.05) is 26.6 Å². The van der Waals surface area contributed by atoms with E-state index in [1.807, 2.05) is 19.1 Å². The lowest BCUT2D eigenvalue weighted by Gasteiger charge is -2.20. The predicted molar refractivity (Wildman–Crippen MR) is 112 cm³/mol. The smallest absolute Gasteiger partial charge is 0.252 e. The zero-order chi connectivity index (χ0) is 21.1. The molecule has 0 aliphatic carbocycles. The van der Waals surface area contributed by atoms with E-state index in [1.165, 1.54) is 17.7 Å². The van der Waals surface area contributed by atoms with Crippen molar-refractivity contribution in [1.29, 1.82) is 0 Å².